The minimum Gasteiger partial charge on any atom is -0.478 e. The number of carboxylic acid groups (broad SMARTS) is 1. The van der Waals surface area contributed by atoms with Gasteiger partial charge in [-0.15, -0.1) is 0 Å². The summed E-state index contributed by atoms with van der Waals surface area (Å²) in [6, 6.07) is 4.27. The lowest BCUT2D eigenvalue weighted by Crippen LogP contribution is -2.09. The number of rotatable bonds is 6. The Labute approximate surface area is 150 Å². The second kappa shape index (κ2) is 7.57. The minimum absolute atomic E-state index is 0.0198. The molecule has 1 aromatic heterocycles. The van der Waals surface area contributed by atoms with E-state index in [1.54, 1.807) is 22.5 Å². The van der Waals surface area contributed by atoms with Gasteiger partial charge in [0.2, 0.25) is 0 Å². The third kappa shape index (κ3) is 3.75. The van der Waals surface area contributed by atoms with Crippen LogP contribution in [0.5, 0.6) is 0 Å². The molecule has 0 fully saturated rings. The molecule has 1 aromatic carbocycles. The maximum atomic E-state index is 13.4. The Bertz CT molecular complexity index is 761. The van der Waals surface area contributed by atoms with Gasteiger partial charge in [-0.1, -0.05) is 32.4 Å². The summed E-state index contributed by atoms with van der Waals surface area (Å²) < 4.78 is 15.0. The van der Waals surface area contributed by atoms with E-state index in [9.17, 15) is 14.3 Å². The van der Waals surface area contributed by atoms with Crippen molar-refractivity contribution in [1.29, 1.82) is 0 Å². The smallest absolute Gasteiger partial charge is 0.339 e. The topological polar surface area (TPSA) is 55.1 Å². The van der Waals surface area contributed by atoms with Crippen LogP contribution in [0.15, 0.2) is 18.2 Å². The van der Waals surface area contributed by atoms with Gasteiger partial charge in [-0.2, -0.15) is 16.9 Å². The van der Waals surface area contributed by atoms with Gasteiger partial charge in [-0.3, -0.25) is 0 Å². The Hall–Kier alpha value is -1.53. The number of aromatic nitrogens is 2. The summed E-state index contributed by atoms with van der Waals surface area (Å²) in [6.07, 6.45) is 2.52. The fraction of sp³-hybridized carbons (Fsp3) is 0.412. The van der Waals surface area contributed by atoms with E-state index < -0.39 is 11.8 Å². The number of hydrogen-bond acceptors (Lipinski definition) is 3. The quantitative estimate of drug-likeness (QED) is 0.794. The van der Waals surface area contributed by atoms with Crippen LogP contribution in [0.2, 0.25) is 5.02 Å². The van der Waals surface area contributed by atoms with Gasteiger partial charge >= 0.3 is 5.97 Å². The monoisotopic (exact) mass is 370 g/mol. The van der Waals surface area contributed by atoms with Crippen LogP contribution in [0.1, 0.15) is 48.4 Å². The number of nitrogens with zero attached hydrogens (tertiary/aromatic N) is 2. The van der Waals surface area contributed by atoms with Gasteiger partial charge in [-0.05, 0) is 30.4 Å². The Balaban J connectivity index is 2.68. The van der Waals surface area contributed by atoms with Gasteiger partial charge in [0.15, 0.2) is 0 Å². The standard InChI is InChI=1S/C17H20ClFN2O2S/c1-9(2)16-15(17(22)23)14(7-10(3)24-4)20-21(16)11-5-6-13(19)12(18)8-11/h5-6,8-10H,7H2,1-4H3,(H,22,23). The third-order valence-electron chi connectivity index (χ3n) is 3.79. The summed E-state index contributed by atoms with van der Waals surface area (Å²) in [6.45, 7) is 5.85. The van der Waals surface area contributed by atoms with Gasteiger partial charge in [0.25, 0.3) is 0 Å². The predicted molar refractivity (Wildman–Crippen MR) is 96.3 cm³/mol. The highest BCUT2D eigenvalue weighted by atomic mass is 35.5. The SMILES string of the molecule is CSC(C)Cc1nn(-c2ccc(F)c(Cl)c2)c(C(C)C)c1C(=O)O. The molecule has 0 radical (unpaired) electrons. The highest BCUT2D eigenvalue weighted by Crippen LogP contribution is 2.29. The molecule has 2 rings (SSSR count). The molecule has 0 aliphatic rings. The molecule has 0 amide bonds. The second-order valence-electron chi connectivity index (χ2n) is 5.93. The second-order valence-corrected chi connectivity index (χ2v) is 7.61. The minimum atomic E-state index is -0.999. The van der Waals surface area contributed by atoms with Crippen LogP contribution in [0.4, 0.5) is 4.39 Å². The number of carboxylic acids is 1. The van der Waals surface area contributed by atoms with E-state index in [-0.39, 0.29) is 21.8 Å². The van der Waals surface area contributed by atoms with E-state index >= 15 is 0 Å². The molecule has 1 N–H and O–H groups in total. The van der Waals surface area contributed by atoms with Gasteiger partial charge in [-0.25, -0.2) is 13.9 Å². The Morgan fingerprint density at radius 2 is 2.08 bits per heavy atom. The highest BCUT2D eigenvalue weighted by molar-refractivity contribution is 7.99. The first-order chi connectivity index (χ1) is 11.3. The van der Waals surface area contributed by atoms with Gasteiger partial charge in [0.1, 0.15) is 11.4 Å². The van der Waals surface area contributed by atoms with E-state index in [2.05, 4.69) is 5.10 Å². The Morgan fingerprint density at radius 3 is 2.58 bits per heavy atom. The molecule has 7 heteroatoms. The van der Waals surface area contributed by atoms with Gasteiger partial charge in [0, 0.05) is 11.7 Å². The van der Waals surface area contributed by atoms with E-state index in [0.717, 1.165) is 0 Å². The summed E-state index contributed by atoms with van der Waals surface area (Å²) in [5, 5.41) is 14.4. The van der Waals surface area contributed by atoms with E-state index in [1.807, 2.05) is 27.0 Å². The van der Waals surface area contributed by atoms with Crippen LogP contribution in [0.25, 0.3) is 5.69 Å². The first-order valence-electron chi connectivity index (χ1n) is 7.59. The number of benzene rings is 1. The number of thioether (sulfide) groups is 1. The average Bonchev–Trinajstić information content (AvgIpc) is 2.89. The van der Waals surface area contributed by atoms with Crippen LogP contribution in [0, 0.1) is 5.82 Å². The molecule has 0 aliphatic carbocycles. The molecular formula is C17H20ClFN2O2S. The van der Waals surface area contributed by atoms with Crippen molar-refractivity contribution in [3.63, 3.8) is 0 Å². The summed E-state index contributed by atoms with van der Waals surface area (Å²) in [5.41, 5.74) is 1.91. The van der Waals surface area contributed by atoms with Crippen LogP contribution < -0.4 is 0 Å². The summed E-state index contributed by atoms with van der Waals surface area (Å²) in [4.78, 5) is 11.8. The van der Waals surface area contributed by atoms with Crippen molar-refractivity contribution < 1.29 is 14.3 Å². The lowest BCUT2D eigenvalue weighted by molar-refractivity contribution is 0.0694. The van der Waals surface area contributed by atoms with Crippen molar-refractivity contribution >= 4 is 29.3 Å². The van der Waals surface area contributed by atoms with Crippen LogP contribution in [-0.4, -0.2) is 32.4 Å². The average molecular weight is 371 g/mol. The van der Waals surface area contributed by atoms with Crippen molar-refractivity contribution in [2.45, 2.75) is 38.4 Å². The fourth-order valence-corrected chi connectivity index (χ4v) is 3.06. The molecule has 1 heterocycles. The maximum absolute atomic E-state index is 13.4. The predicted octanol–water partition coefficient (Wildman–Crippen LogP) is 4.78. The molecule has 0 spiro atoms. The molecule has 2 aromatic rings. The third-order valence-corrected chi connectivity index (χ3v) is 5.05. The molecule has 1 unspecified atom stereocenters. The zero-order valence-corrected chi connectivity index (χ0v) is 15.6. The van der Waals surface area contributed by atoms with Crippen molar-refractivity contribution in [1.82, 2.24) is 9.78 Å². The van der Waals surface area contributed by atoms with Crippen LogP contribution >= 0.6 is 23.4 Å². The first-order valence-corrected chi connectivity index (χ1v) is 9.26. The molecule has 1 atom stereocenters. The normalized spacial score (nSPS) is 12.6. The van der Waals surface area contributed by atoms with Gasteiger partial charge in [0.05, 0.1) is 22.1 Å². The zero-order chi connectivity index (χ0) is 18.0. The number of carbonyl (C=O) groups is 1. The Morgan fingerprint density at radius 1 is 1.42 bits per heavy atom. The number of halogens is 2. The zero-order valence-electron chi connectivity index (χ0n) is 14.0. The molecule has 0 aliphatic heterocycles. The summed E-state index contributed by atoms with van der Waals surface area (Å²) in [5.74, 6) is -1.58. The van der Waals surface area contributed by atoms with Crippen molar-refractivity contribution in [3.8, 4) is 5.69 Å². The van der Waals surface area contributed by atoms with Crippen molar-refractivity contribution in [2.75, 3.05) is 6.26 Å². The molecule has 4 nitrogen and oxygen atoms in total. The molecule has 0 saturated carbocycles. The summed E-state index contributed by atoms with van der Waals surface area (Å²) in [7, 11) is 0. The molecule has 130 valence electrons. The molecule has 24 heavy (non-hydrogen) atoms. The largest absolute Gasteiger partial charge is 0.478 e. The summed E-state index contributed by atoms with van der Waals surface area (Å²) >= 11 is 7.53. The highest BCUT2D eigenvalue weighted by Gasteiger charge is 2.27. The van der Waals surface area contributed by atoms with Crippen LogP contribution in [0.3, 0.4) is 0 Å². The number of hydrogen-bond donors (Lipinski definition) is 1. The van der Waals surface area contributed by atoms with Crippen molar-refractivity contribution in [3.05, 3.63) is 46.0 Å². The number of aromatic carboxylic acids is 1. The van der Waals surface area contributed by atoms with E-state index in [1.165, 1.54) is 12.1 Å². The van der Waals surface area contributed by atoms with E-state index in [0.29, 0.717) is 23.5 Å². The molecule has 0 bridgehead atoms. The van der Waals surface area contributed by atoms with E-state index in [4.69, 9.17) is 11.6 Å². The lowest BCUT2D eigenvalue weighted by Gasteiger charge is -2.12. The molecular weight excluding hydrogens is 351 g/mol. The maximum Gasteiger partial charge on any atom is 0.339 e. The molecule has 0 saturated heterocycles. The Kier molecular flexibility index (Phi) is 5.93. The fourth-order valence-electron chi connectivity index (χ4n) is 2.56. The van der Waals surface area contributed by atoms with Crippen molar-refractivity contribution in [2.24, 2.45) is 0 Å². The van der Waals surface area contributed by atoms with Crippen LogP contribution in [-0.2, 0) is 6.42 Å². The first kappa shape index (κ1) is 18.8. The lowest BCUT2D eigenvalue weighted by atomic mass is 10.0. The van der Waals surface area contributed by atoms with Gasteiger partial charge < -0.3 is 5.11 Å².